The molecule has 0 spiro atoms. The average Bonchev–Trinajstić information content (AvgIpc) is 3.29. The molecule has 1 heterocycles. The predicted molar refractivity (Wildman–Crippen MR) is 137 cm³/mol. The van der Waals surface area contributed by atoms with Gasteiger partial charge in [-0.25, -0.2) is 9.98 Å². The highest BCUT2D eigenvalue weighted by molar-refractivity contribution is 7.18. The Labute approximate surface area is 205 Å². The van der Waals surface area contributed by atoms with Crippen LogP contribution in [0.15, 0.2) is 108 Å². The van der Waals surface area contributed by atoms with Crippen molar-refractivity contribution in [3.63, 3.8) is 0 Å². The van der Waals surface area contributed by atoms with Gasteiger partial charge in [0.15, 0.2) is 0 Å². The monoisotopic (exact) mass is 486 g/mol. The fourth-order valence-electron chi connectivity index (χ4n) is 3.87. The van der Waals surface area contributed by atoms with E-state index in [2.05, 4.69) is 24.3 Å². The molecule has 35 heavy (non-hydrogen) atoms. The molecule has 0 amide bonds. The minimum atomic E-state index is -4.31. The van der Waals surface area contributed by atoms with Crippen molar-refractivity contribution in [1.82, 2.24) is 4.98 Å². The molecule has 2 nitrogen and oxygen atoms in total. The van der Waals surface area contributed by atoms with Gasteiger partial charge in [0.1, 0.15) is 0 Å². The number of fused-ring (bicyclic) bond motifs is 1. The van der Waals surface area contributed by atoms with Gasteiger partial charge in [0, 0.05) is 17.5 Å². The Hall–Kier alpha value is -3.77. The van der Waals surface area contributed by atoms with E-state index >= 15 is 0 Å². The summed E-state index contributed by atoms with van der Waals surface area (Å²) < 4.78 is 39.4. The topological polar surface area (TPSA) is 25.2 Å². The Morgan fingerprint density at radius 3 is 1.97 bits per heavy atom. The van der Waals surface area contributed by atoms with Gasteiger partial charge in [0.05, 0.1) is 32.2 Å². The molecule has 4 aromatic carbocycles. The standard InChI is InChI=1S/C29H21F3N2S/c30-29(31,32)23-14-11-20(12-15-23)13-18-27-34-25-17-16-24(19-26(25)35-27)33-28(21-7-3-1-4-8-21)22-9-5-2-6-10-22/h1-12,14-17,19H,13,18H2. The highest BCUT2D eigenvalue weighted by atomic mass is 32.1. The van der Waals surface area contributed by atoms with E-state index < -0.39 is 11.7 Å². The molecule has 5 rings (SSSR count). The van der Waals surface area contributed by atoms with Gasteiger partial charge >= 0.3 is 6.18 Å². The van der Waals surface area contributed by atoms with E-state index in [1.807, 2.05) is 54.6 Å². The summed E-state index contributed by atoms with van der Waals surface area (Å²) >= 11 is 1.60. The van der Waals surface area contributed by atoms with Crippen LogP contribution in [0.4, 0.5) is 18.9 Å². The maximum atomic E-state index is 12.8. The fourth-order valence-corrected chi connectivity index (χ4v) is 4.87. The van der Waals surface area contributed by atoms with E-state index in [4.69, 9.17) is 9.98 Å². The highest BCUT2D eigenvalue weighted by Crippen LogP contribution is 2.30. The zero-order chi connectivity index (χ0) is 24.3. The molecule has 0 bridgehead atoms. The molecule has 0 aliphatic heterocycles. The average molecular weight is 487 g/mol. The van der Waals surface area contributed by atoms with E-state index in [0.717, 1.165) is 55.4 Å². The predicted octanol–water partition coefficient (Wildman–Crippen LogP) is 8.27. The molecule has 0 radical (unpaired) electrons. The summed E-state index contributed by atoms with van der Waals surface area (Å²) in [6.07, 6.45) is -3.01. The first-order valence-electron chi connectivity index (χ1n) is 11.2. The second-order valence-electron chi connectivity index (χ2n) is 8.15. The highest BCUT2D eigenvalue weighted by Gasteiger charge is 2.29. The smallest absolute Gasteiger partial charge is 0.248 e. The summed E-state index contributed by atoms with van der Waals surface area (Å²) in [7, 11) is 0. The molecule has 0 aliphatic carbocycles. The molecule has 0 unspecified atom stereocenters. The lowest BCUT2D eigenvalue weighted by Gasteiger charge is -2.07. The van der Waals surface area contributed by atoms with Crippen molar-refractivity contribution in [1.29, 1.82) is 0 Å². The number of aliphatic imine (C=N–C) groups is 1. The van der Waals surface area contributed by atoms with Gasteiger partial charge in [-0.15, -0.1) is 11.3 Å². The van der Waals surface area contributed by atoms with Crippen LogP contribution in [0, 0.1) is 0 Å². The minimum Gasteiger partial charge on any atom is -0.248 e. The second-order valence-corrected chi connectivity index (χ2v) is 9.26. The maximum Gasteiger partial charge on any atom is 0.416 e. The van der Waals surface area contributed by atoms with Gasteiger partial charge in [-0.05, 0) is 42.3 Å². The van der Waals surface area contributed by atoms with Crippen molar-refractivity contribution in [3.8, 4) is 0 Å². The molecule has 0 saturated carbocycles. The van der Waals surface area contributed by atoms with Crippen LogP contribution < -0.4 is 0 Å². The first-order valence-corrected chi connectivity index (χ1v) is 12.0. The van der Waals surface area contributed by atoms with E-state index in [1.165, 1.54) is 12.1 Å². The first-order chi connectivity index (χ1) is 17.0. The van der Waals surface area contributed by atoms with Crippen LogP contribution in [0.2, 0.25) is 0 Å². The van der Waals surface area contributed by atoms with Crippen molar-refractivity contribution >= 4 is 33.0 Å². The van der Waals surface area contributed by atoms with Gasteiger partial charge in [-0.3, -0.25) is 0 Å². The number of hydrogen-bond donors (Lipinski definition) is 0. The van der Waals surface area contributed by atoms with E-state index in [9.17, 15) is 13.2 Å². The lowest BCUT2D eigenvalue weighted by molar-refractivity contribution is -0.137. The van der Waals surface area contributed by atoms with Crippen molar-refractivity contribution in [2.45, 2.75) is 19.0 Å². The second kappa shape index (κ2) is 9.84. The van der Waals surface area contributed by atoms with Gasteiger partial charge in [0.25, 0.3) is 0 Å². The molecular formula is C29H21F3N2S. The molecule has 5 aromatic rings. The number of aryl methyl sites for hydroxylation is 2. The molecule has 0 N–H and O–H groups in total. The number of alkyl halides is 3. The summed E-state index contributed by atoms with van der Waals surface area (Å²) in [5.41, 5.74) is 4.96. The molecular weight excluding hydrogens is 465 g/mol. The van der Waals surface area contributed by atoms with Crippen LogP contribution in [0.1, 0.15) is 27.3 Å². The number of benzene rings is 4. The first kappa shape index (κ1) is 23.0. The Bertz CT molecular complexity index is 1410. The van der Waals surface area contributed by atoms with Gasteiger partial charge in [0.2, 0.25) is 0 Å². The number of thiazole rings is 1. The summed E-state index contributed by atoms with van der Waals surface area (Å²) in [5, 5.41) is 0.951. The molecule has 0 saturated heterocycles. The minimum absolute atomic E-state index is 0.625. The van der Waals surface area contributed by atoms with Crippen LogP contribution in [-0.4, -0.2) is 10.7 Å². The lowest BCUT2D eigenvalue weighted by atomic mass is 10.0. The summed E-state index contributed by atoms with van der Waals surface area (Å²) in [5.74, 6) is 0. The SMILES string of the molecule is FC(F)(F)c1ccc(CCc2nc3ccc(N=C(c4ccccc4)c4ccccc4)cc3s2)cc1. The zero-order valence-corrected chi connectivity index (χ0v) is 19.5. The number of halogens is 3. The van der Waals surface area contributed by atoms with E-state index in [-0.39, 0.29) is 0 Å². The van der Waals surface area contributed by atoms with E-state index in [1.54, 1.807) is 11.3 Å². The van der Waals surface area contributed by atoms with Crippen molar-refractivity contribution in [2.24, 2.45) is 4.99 Å². The third-order valence-corrected chi connectivity index (χ3v) is 6.74. The summed E-state index contributed by atoms with van der Waals surface area (Å²) in [4.78, 5) is 9.69. The number of rotatable bonds is 6. The number of nitrogens with zero attached hydrogens (tertiary/aromatic N) is 2. The zero-order valence-electron chi connectivity index (χ0n) is 18.7. The molecule has 0 aliphatic rings. The lowest BCUT2D eigenvalue weighted by Crippen LogP contribution is -2.04. The number of hydrogen-bond acceptors (Lipinski definition) is 3. The quantitative estimate of drug-likeness (QED) is 0.222. The largest absolute Gasteiger partial charge is 0.416 e. The summed E-state index contributed by atoms with van der Waals surface area (Å²) in [6.45, 7) is 0. The van der Waals surface area contributed by atoms with Crippen LogP contribution in [-0.2, 0) is 19.0 Å². The molecule has 1 aromatic heterocycles. The Morgan fingerprint density at radius 1 is 0.743 bits per heavy atom. The maximum absolute atomic E-state index is 12.8. The Kier molecular flexibility index (Phi) is 6.47. The third kappa shape index (κ3) is 5.49. The molecule has 6 heteroatoms. The molecule has 174 valence electrons. The van der Waals surface area contributed by atoms with Gasteiger partial charge < -0.3 is 0 Å². The third-order valence-electron chi connectivity index (χ3n) is 5.66. The van der Waals surface area contributed by atoms with Crippen molar-refractivity contribution in [3.05, 3.63) is 130 Å². The van der Waals surface area contributed by atoms with Gasteiger partial charge in [-0.1, -0.05) is 72.8 Å². The summed E-state index contributed by atoms with van der Waals surface area (Å²) in [6, 6.07) is 31.5. The van der Waals surface area contributed by atoms with E-state index in [0.29, 0.717) is 12.8 Å². The molecule has 0 atom stereocenters. The normalized spacial score (nSPS) is 11.5. The van der Waals surface area contributed by atoms with Crippen molar-refractivity contribution in [2.75, 3.05) is 0 Å². The van der Waals surface area contributed by atoms with Crippen LogP contribution in [0.3, 0.4) is 0 Å². The Morgan fingerprint density at radius 2 is 1.37 bits per heavy atom. The number of aromatic nitrogens is 1. The van der Waals surface area contributed by atoms with Crippen molar-refractivity contribution < 1.29 is 13.2 Å². The fraction of sp³-hybridized carbons (Fsp3) is 0.103. The van der Waals surface area contributed by atoms with Crippen LogP contribution in [0.25, 0.3) is 10.2 Å². The van der Waals surface area contributed by atoms with Crippen LogP contribution in [0.5, 0.6) is 0 Å². The van der Waals surface area contributed by atoms with Gasteiger partial charge in [-0.2, -0.15) is 13.2 Å². The molecule has 0 fully saturated rings. The van der Waals surface area contributed by atoms with Crippen LogP contribution >= 0.6 is 11.3 Å². The Balaban J connectivity index is 1.38.